The second kappa shape index (κ2) is 7.07. The number of nitrogens with one attached hydrogen (secondary N) is 1. The number of hydrogen-bond acceptors (Lipinski definition) is 4. The third kappa shape index (κ3) is 4.06. The van der Waals surface area contributed by atoms with Crippen LogP contribution in [0, 0.1) is 0 Å². The molecule has 1 aromatic carbocycles. The molecule has 1 N–H and O–H groups in total. The molecule has 0 spiro atoms. The van der Waals surface area contributed by atoms with Crippen molar-refractivity contribution < 1.29 is 0 Å². The number of halogens is 1. The summed E-state index contributed by atoms with van der Waals surface area (Å²) in [5.74, 6) is 0. The van der Waals surface area contributed by atoms with Crippen LogP contribution in [-0.2, 0) is 13.6 Å². The van der Waals surface area contributed by atoms with Crippen LogP contribution in [0.3, 0.4) is 0 Å². The van der Waals surface area contributed by atoms with Gasteiger partial charge < -0.3 is 5.32 Å². The summed E-state index contributed by atoms with van der Waals surface area (Å²) < 4.78 is 2.87. The zero-order chi connectivity index (χ0) is 13.7. The summed E-state index contributed by atoms with van der Waals surface area (Å²) in [6.07, 6.45) is 2.72. The molecule has 0 atom stereocenters. The van der Waals surface area contributed by atoms with Gasteiger partial charge in [-0.1, -0.05) is 28.9 Å². The highest BCUT2D eigenvalue weighted by atomic mass is 79.9. The minimum Gasteiger partial charge on any atom is -0.313 e. The molecule has 4 nitrogen and oxygen atoms in total. The van der Waals surface area contributed by atoms with Gasteiger partial charge in [-0.15, -0.1) is 0 Å². The highest BCUT2D eigenvalue weighted by Crippen LogP contribution is 2.31. The van der Waals surface area contributed by atoms with Gasteiger partial charge >= 0.3 is 0 Å². The van der Waals surface area contributed by atoms with E-state index < -0.39 is 0 Å². The van der Waals surface area contributed by atoms with Gasteiger partial charge in [-0.2, -0.15) is 5.10 Å². The number of hydrogen-bond donors (Lipinski definition) is 1. The van der Waals surface area contributed by atoms with Gasteiger partial charge in [-0.25, -0.2) is 9.67 Å². The van der Waals surface area contributed by atoms with E-state index in [2.05, 4.69) is 56.5 Å². The molecule has 2 aromatic rings. The van der Waals surface area contributed by atoms with Crippen molar-refractivity contribution in [3.05, 3.63) is 34.6 Å². The maximum Gasteiger partial charge on any atom is 0.190 e. The maximum atomic E-state index is 4.26. The van der Waals surface area contributed by atoms with Gasteiger partial charge in [-0.05, 0) is 42.4 Å². The molecule has 2 rings (SSSR count). The van der Waals surface area contributed by atoms with Gasteiger partial charge in [0.2, 0.25) is 0 Å². The summed E-state index contributed by atoms with van der Waals surface area (Å²) in [5, 5.41) is 8.43. The van der Waals surface area contributed by atoms with Crippen LogP contribution in [0.1, 0.15) is 18.9 Å². The Balaban J connectivity index is 2.17. The zero-order valence-corrected chi connectivity index (χ0v) is 13.5. The van der Waals surface area contributed by atoms with E-state index >= 15 is 0 Å². The smallest absolute Gasteiger partial charge is 0.190 e. The number of rotatable bonds is 6. The van der Waals surface area contributed by atoms with Crippen LogP contribution in [0.15, 0.2) is 39.1 Å². The van der Waals surface area contributed by atoms with Crippen molar-refractivity contribution in [2.45, 2.75) is 29.9 Å². The normalized spacial score (nSPS) is 10.9. The molecule has 1 heterocycles. The topological polar surface area (TPSA) is 42.7 Å². The summed E-state index contributed by atoms with van der Waals surface area (Å²) in [5.41, 5.74) is 1.28. The Morgan fingerprint density at radius 1 is 1.42 bits per heavy atom. The molecule has 102 valence electrons. The van der Waals surface area contributed by atoms with E-state index in [0.29, 0.717) is 0 Å². The average Bonchev–Trinajstić information content (AvgIpc) is 2.78. The summed E-state index contributed by atoms with van der Waals surface area (Å²) in [6, 6.07) is 6.34. The number of benzene rings is 1. The fourth-order valence-electron chi connectivity index (χ4n) is 1.65. The Kier molecular flexibility index (Phi) is 5.42. The predicted molar refractivity (Wildman–Crippen MR) is 81.3 cm³/mol. The van der Waals surface area contributed by atoms with Gasteiger partial charge in [-0.3, -0.25) is 0 Å². The van der Waals surface area contributed by atoms with E-state index in [1.807, 2.05) is 7.05 Å². The van der Waals surface area contributed by atoms with Gasteiger partial charge in [0.15, 0.2) is 5.16 Å². The molecule has 0 fully saturated rings. The Morgan fingerprint density at radius 2 is 2.26 bits per heavy atom. The summed E-state index contributed by atoms with van der Waals surface area (Å²) in [6.45, 7) is 4.08. The van der Waals surface area contributed by atoms with Gasteiger partial charge in [0.1, 0.15) is 6.33 Å². The summed E-state index contributed by atoms with van der Waals surface area (Å²) in [7, 11) is 1.91. The van der Waals surface area contributed by atoms with E-state index in [4.69, 9.17) is 0 Å². The van der Waals surface area contributed by atoms with E-state index in [9.17, 15) is 0 Å². The van der Waals surface area contributed by atoms with Gasteiger partial charge in [0.25, 0.3) is 0 Å². The first-order valence-corrected chi connectivity index (χ1v) is 7.82. The summed E-state index contributed by atoms with van der Waals surface area (Å²) >= 11 is 5.16. The lowest BCUT2D eigenvalue weighted by Crippen LogP contribution is -2.14. The molecule has 0 aliphatic heterocycles. The van der Waals surface area contributed by atoms with Gasteiger partial charge in [0, 0.05) is 23.0 Å². The fourth-order valence-corrected chi connectivity index (χ4v) is 3.09. The lowest BCUT2D eigenvalue weighted by molar-refractivity contribution is 0.667. The van der Waals surface area contributed by atoms with Crippen molar-refractivity contribution in [1.29, 1.82) is 0 Å². The molecule has 0 bridgehead atoms. The Morgan fingerprint density at radius 3 is 2.95 bits per heavy atom. The van der Waals surface area contributed by atoms with E-state index in [-0.39, 0.29) is 0 Å². The average molecular weight is 341 g/mol. The third-order valence-electron chi connectivity index (χ3n) is 2.64. The molecule has 0 aliphatic rings. The lowest BCUT2D eigenvalue weighted by Gasteiger charge is -2.10. The number of aryl methyl sites for hydroxylation is 1. The van der Waals surface area contributed by atoms with Crippen molar-refractivity contribution in [2.75, 3.05) is 6.54 Å². The zero-order valence-electron chi connectivity index (χ0n) is 11.1. The molecule has 0 saturated carbocycles. The molecule has 0 radical (unpaired) electrons. The van der Waals surface area contributed by atoms with Crippen LogP contribution in [0.5, 0.6) is 0 Å². The second-order valence-electron chi connectivity index (χ2n) is 4.20. The molecular weight excluding hydrogens is 324 g/mol. The predicted octanol–water partition coefficient (Wildman–Crippen LogP) is 3.23. The summed E-state index contributed by atoms with van der Waals surface area (Å²) in [4.78, 5) is 5.46. The van der Waals surface area contributed by atoms with Crippen molar-refractivity contribution in [3.63, 3.8) is 0 Å². The lowest BCUT2D eigenvalue weighted by atomic mass is 10.2. The van der Waals surface area contributed by atoms with Crippen molar-refractivity contribution in [3.8, 4) is 0 Å². The van der Waals surface area contributed by atoms with Crippen LogP contribution in [0.2, 0.25) is 0 Å². The van der Waals surface area contributed by atoms with Crippen LogP contribution < -0.4 is 5.32 Å². The van der Waals surface area contributed by atoms with Crippen molar-refractivity contribution in [2.24, 2.45) is 7.05 Å². The monoisotopic (exact) mass is 340 g/mol. The van der Waals surface area contributed by atoms with E-state index in [1.165, 1.54) is 10.5 Å². The first kappa shape index (κ1) is 14.6. The van der Waals surface area contributed by atoms with Crippen LogP contribution in [0.4, 0.5) is 0 Å². The molecule has 19 heavy (non-hydrogen) atoms. The fraction of sp³-hybridized carbons (Fsp3) is 0.385. The Bertz CT molecular complexity index is 541. The molecule has 6 heteroatoms. The SMILES string of the molecule is CCCNCc1ccc(Br)cc1Sc1ncnn1C. The molecule has 0 unspecified atom stereocenters. The minimum atomic E-state index is 0.876. The minimum absolute atomic E-state index is 0.876. The van der Waals surface area contributed by atoms with Crippen LogP contribution >= 0.6 is 27.7 Å². The molecule has 0 aliphatic carbocycles. The van der Waals surface area contributed by atoms with E-state index in [1.54, 1.807) is 22.8 Å². The highest BCUT2D eigenvalue weighted by Gasteiger charge is 2.09. The second-order valence-corrected chi connectivity index (χ2v) is 6.12. The Hall–Kier alpha value is -0.850. The molecule has 0 amide bonds. The molecule has 1 aromatic heterocycles. The Labute approximate surface area is 126 Å². The van der Waals surface area contributed by atoms with Crippen molar-refractivity contribution >= 4 is 27.7 Å². The molecule has 0 saturated heterocycles. The quantitative estimate of drug-likeness (QED) is 0.820. The van der Waals surface area contributed by atoms with E-state index in [0.717, 1.165) is 29.1 Å². The van der Waals surface area contributed by atoms with Crippen LogP contribution in [0.25, 0.3) is 0 Å². The third-order valence-corrected chi connectivity index (χ3v) is 4.29. The van der Waals surface area contributed by atoms with Crippen molar-refractivity contribution in [1.82, 2.24) is 20.1 Å². The number of nitrogens with zero attached hydrogens (tertiary/aromatic N) is 3. The van der Waals surface area contributed by atoms with Gasteiger partial charge in [0.05, 0.1) is 0 Å². The largest absolute Gasteiger partial charge is 0.313 e. The maximum absolute atomic E-state index is 4.26. The first-order chi connectivity index (χ1) is 9.20. The first-order valence-electron chi connectivity index (χ1n) is 6.21. The number of aromatic nitrogens is 3. The van der Waals surface area contributed by atoms with Crippen LogP contribution in [-0.4, -0.2) is 21.3 Å². The standard InChI is InChI=1S/C13H17BrN4S/c1-3-6-15-8-10-4-5-11(14)7-12(10)19-13-16-9-17-18(13)2/h4-5,7,9,15H,3,6,8H2,1-2H3. The highest BCUT2D eigenvalue weighted by molar-refractivity contribution is 9.10. The molecular formula is C13H17BrN4S.